The number of carbonyl (C=O) groups excluding carboxylic acids is 1. The third-order valence-corrected chi connectivity index (χ3v) is 15.2. The van der Waals surface area contributed by atoms with Crippen molar-refractivity contribution in [1.29, 1.82) is 0 Å². The minimum Gasteiger partial charge on any atom is -0.462 e. The van der Waals surface area contributed by atoms with E-state index < -0.39 is 5.60 Å². The minimum absolute atomic E-state index is 0.0426. The van der Waals surface area contributed by atoms with Crippen LogP contribution in [0.2, 0.25) is 0 Å². The van der Waals surface area contributed by atoms with Gasteiger partial charge in [-0.25, -0.2) is 0 Å². The molecule has 4 heteroatoms. The van der Waals surface area contributed by atoms with Gasteiger partial charge >= 0.3 is 5.97 Å². The van der Waals surface area contributed by atoms with Crippen molar-refractivity contribution in [3.05, 3.63) is 0 Å². The van der Waals surface area contributed by atoms with Gasteiger partial charge in [0.2, 0.25) is 0 Å². The Kier molecular flexibility index (Phi) is 6.80. The van der Waals surface area contributed by atoms with Gasteiger partial charge in [0.15, 0.2) is 0 Å². The van der Waals surface area contributed by atoms with Crippen LogP contribution in [0, 0.1) is 62.6 Å². The molecule has 4 nitrogen and oxygen atoms in total. The fourth-order valence-electron chi connectivity index (χ4n) is 12.7. The Hall–Kier alpha value is -0.610. The molecule has 0 aliphatic heterocycles. The summed E-state index contributed by atoms with van der Waals surface area (Å²) in [6, 6.07) is 0. The fraction of sp³-hybridized carbons (Fsp3) is 0.971. The second-order valence-corrected chi connectivity index (χ2v) is 16.4. The molecule has 5 aliphatic rings. The zero-order valence-corrected chi connectivity index (χ0v) is 26.0. The number of aliphatic hydroxyl groups is 2. The maximum atomic E-state index is 11.9. The number of fused-ring (bicyclic) bond motifs is 2. The largest absolute Gasteiger partial charge is 0.462 e. The summed E-state index contributed by atoms with van der Waals surface area (Å²) in [4.78, 5) is 11.9. The average Bonchev–Trinajstić information content (AvgIpc) is 3.24. The Bertz CT molecular complexity index is 943. The van der Waals surface area contributed by atoms with Gasteiger partial charge in [-0.15, -0.1) is 0 Å². The third kappa shape index (κ3) is 3.43. The molecular formula is C34H58O4. The van der Waals surface area contributed by atoms with E-state index in [2.05, 4.69) is 41.5 Å². The number of ether oxygens (including phenoxy) is 1. The van der Waals surface area contributed by atoms with Crippen LogP contribution in [0.3, 0.4) is 0 Å². The molecule has 0 amide bonds. The average molecular weight is 531 g/mol. The molecule has 0 aromatic carbocycles. The van der Waals surface area contributed by atoms with Gasteiger partial charge < -0.3 is 14.9 Å². The second-order valence-electron chi connectivity index (χ2n) is 16.4. The highest BCUT2D eigenvalue weighted by Crippen LogP contribution is 2.91. The number of carbonyl (C=O) groups is 1. The van der Waals surface area contributed by atoms with Crippen molar-refractivity contribution in [2.24, 2.45) is 62.6 Å². The first-order valence-corrected chi connectivity index (χ1v) is 16.1. The predicted molar refractivity (Wildman–Crippen MR) is 152 cm³/mol. The molecule has 5 saturated carbocycles. The van der Waals surface area contributed by atoms with E-state index in [4.69, 9.17) is 4.74 Å². The molecule has 0 aromatic rings. The van der Waals surface area contributed by atoms with Crippen LogP contribution in [0.5, 0.6) is 0 Å². The first-order valence-electron chi connectivity index (χ1n) is 16.1. The Labute approximate surface area is 233 Å². The first kappa shape index (κ1) is 28.9. The standard InChI is InChI=1S/C34H58O4/c1-21(2)32(37,20-35)16-12-22(3)25-13-15-31(9)27-11-10-26-29(6,7)28(38-24(5)36)14-17-33(26)23(4)34(27,33)19-18-30(25,31)8/h21-23,25-28,35,37H,10-20H2,1-9H3/t22-,23-,25-,26?,27?,28+,30-,31+,32?,33-,34+/m1/s1. The number of hydrogen-bond donors (Lipinski definition) is 2. The SMILES string of the molecule is CC(=O)O[C@H]1CC[C@@]23C(CCC4[C@]5(C)CC[C@H]([C@H](C)CCC(O)(CO)C(C)C)[C@@]5(C)CC[C@]42[C@@H]3C)C1(C)C. The molecule has 0 bridgehead atoms. The van der Waals surface area contributed by atoms with Gasteiger partial charge in [0, 0.05) is 12.3 Å². The first-order chi connectivity index (χ1) is 17.6. The summed E-state index contributed by atoms with van der Waals surface area (Å²) < 4.78 is 5.93. The van der Waals surface area contributed by atoms with Crippen molar-refractivity contribution in [2.75, 3.05) is 6.61 Å². The van der Waals surface area contributed by atoms with Gasteiger partial charge in [-0.3, -0.25) is 4.79 Å². The van der Waals surface area contributed by atoms with Crippen molar-refractivity contribution in [3.8, 4) is 0 Å². The molecule has 3 unspecified atom stereocenters. The Morgan fingerprint density at radius 2 is 1.55 bits per heavy atom. The normalized spacial score (nSPS) is 49.2. The predicted octanol–water partition coefficient (Wildman–Crippen LogP) is 7.40. The number of hydrogen-bond acceptors (Lipinski definition) is 4. The van der Waals surface area contributed by atoms with Crippen molar-refractivity contribution >= 4 is 5.97 Å². The topological polar surface area (TPSA) is 66.8 Å². The summed E-state index contributed by atoms with van der Waals surface area (Å²) in [5.74, 6) is 3.42. The lowest BCUT2D eigenvalue weighted by molar-refractivity contribution is -0.181. The maximum Gasteiger partial charge on any atom is 0.302 e. The smallest absolute Gasteiger partial charge is 0.302 e. The molecule has 0 radical (unpaired) electrons. The molecule has 0 aromatic heterocycles. The summed E-state index contributed by atoms with van der Waals surface area (Å²) in [6.07, 6.45) is 12.0. The van der Waals surface area contributed by atoms with Crippen molar-refractivity contribution < 1.29 is 19.7 Å². The van der Waals surface area contributed by atoms with Crippen LogP contribution in [0.4, 0.5) is 0 Å². The molecule has 5 fully saturated rings. The zero-order chi connectivity index (χ0) is 28.1. The lowest BCUT2D eigenvalue weighted by Gasteiger charge is -2.63. The number of aliphatic hydroxyl groups excluding tert-OH is 1. The highest BCUT2D eigenvalue weighted by Gasteiger charge is 2.86. The van der Waals surface area contributed by atoms with Crippen LogP contribution in [-0.4, -0.2) is 34.5 Å². The summed E-state index contributed by atoms with van der Waals surface area (Å²) in [5.41, 5.74) is 0.697. The van der Waals surface area contributed by atoms with E-state index >= 15 is 0 Å². The van der Waals surface area contributed by atoms with Gasteiger partial charge in [0.05, 0.1) is 12.2 Å². The quantitative estimate of drug-likeness (QED) is 0.337. The highest BCUT2D eigenvalue weighted by atomic mass is 16.5. The van der Waals surface area contributed by atoms with Crippen LogP contribution in [-0.2, 0) is 9.53 Å². The molecule has 218 valence electrons. The Balaban J connectivity index is 1.39. The van der Waals surface area contributed by atoms with Crippen LogP contribution in [0.25, 0.3) is 0 Å². The van der Waals surface area contributed by atoms with Crippen molar-refractivity contribution in [2.45, 2.75) is 138 Å². The molecule has 5 aliphatic carbocycles. The minimum atomic E-state index is -0.959. The maximum absolute atomic E-state index is 11.9. The van der Waals surface area contributed by atoms with Crippen LogP contribution in [0.1, 0.15) is 127 Å². The van der Waals surface area contributed by atoms with E-state index in [1.165, 1.54) is 44.9 Å². The van der Waals surface area contributed by atoms with Crippen LogP contribution in [0.15, 0.2) is 0 Å². The lowest BCUT2D eigenvalue weighted by atomic mass is 9.41. The van der Waals surface area contributed by atoms with E-state index in [0.717, 1.165) is 24.7 Å². The Morgan fingerprint density at radius 3 is 2.16 bits per heavy atom. The second kappa shape index (κ2) is 8.94. The molecular weight excluding hydrogens is 472 g/mol. The van der Waals surface area contributed by atoms with Gasteiger partial charge in [-0.1, -0.05) is 55.4 Å². The van der Waals surface area contributed by atoms with E-state index in [1.807, 2.05) is 13.8 Å². The van der Waals surface area contributed by atoms with E-state index in [1.54, 1.807) is 6.92 Å². The van der Waals surface area contributed by atoms with Gasteiger partial charge in [-0.05, 0) is 121 Å². The lowest BCUT2D eigenvalue weighted by Crippen LogP contribution is -2.58. The molecule has 11 atom stereocenters. The summed E-state index contributed by atoms with van der Waals surface area (Å²) in [7, 11) is 0. The van der Waals surface area contributed by atoms with Gasteiger partial charge in [0.1, 0.15) is 6.10 Å². The summed E-state index contributed by atoms with van der Waals surface area (Å²) in [6.45, 7) is 20.6. The number of rotatable bonds is 7. The molecule has 0 heterocycles. The number of esters is 1. The van der Waals surface area contributed by atoms with Gasteiger partial charge in [0.25, 0.3) is 0 Å². The van der Waals surface area contributed by atoms with Gasteiger partial charge in [-0.2, -0.15) is 0 Å². The molecule has 38 heavy (non-hydrogen) atoms. The van der Waals surface area contributed by atoms with E-state index in [9.17, 15) is 15.0 Å². The fourth-order valence-corrected chi connectivity index (χ4v) is 12.7. The molecule has 5 rings (SSSR count). The monoisotopic (exact) mass is 530 g/mol. The molecule has 2 N–H and O–H groups in total. The van der Waals surface area contributed by atoms with E-state index in [-0.39, 0.29) is 30.0 Å². The zero-order valence-electron chi connectivity index (χ0n) is 26.0. The van der Waals surface area contributed by atoms with Crippen LogP contribution < -0.4 is 0 Å². The van der Waals surface area contributed by atoms with Crippen molar-refractivity contribution in [3.63, 3.8) is 0 Å². The highest BCUT2D eigenvalue weighted by molar-refractivity contribution is 5.66. The molecule has 0 saturated heterocycles. The molecule has 2 spiro atoms. The summed E-state index contributed by atoms with van der Waals surface area (Å²) in [5, 5.41) is 20.9. The van der Waals surface area contributed by atoms with Crippen LogP contribution >= 0.6 is 0 Å². The third-order valence-electron chi connectivity index (χ3n) is 15.2. The van der Waals surface area contributed by atoms with Crippen molar-refractivity contribution in [1.82, 2.24) is 0 Å². The van der Waals surface area contributed by atoms with E-state index in [0.29, 0.717) is 45.8 Å². The summed E-state index contributed by atoms with van der Waals surface area (Å²) >= 11 is 0. The Morgan fingerprint density at radius 1 is 0.921 bits per heavy atom.